The van der Waals surface area contributed by atoms with Gasteiger partial charge >= 0.3 is 0 Å². The van der Waals surface area contributed by atoms with E-state index < -0.39 is 0 Å². The van der Waals surface area contributed by atoms with E-state index in [9.17, 15) is 9.59 Å². The van der Waals surface area contributed by atoms with Crippen LogP contribution in [-0.2, 0) is 11.3 Å². The van der Waals surface area contributed by atoms with Gasteiger partial charge in [-0.25, -0.2) is 4.98 Å². The molecule has 1 fully saturated rings. The van der Waals surface area contributed by atoms with Crippen LogP contribution in [0.1, 0.15) is 13.3 Å². The van der Waals surface area contributed by atoms with Crippen LogP contribution in [0, 0.1) is 0 Å². The van der Waals surface area contributed by atoms with Gasteiger partial charge in [0.2, 0.25) is 11.9 Å². The molecule has 0 unspecified atom stereocenters. The van der Waals surface area contributed by atoms with E-state index in [1.54, 1.807) is 4.90 Å². The average molecular weight is 318 g/mol. The van der Waals surface area contributed by atoms with Gasteiger partial charge < -0.3 is 9.47 Å². The number of hydrogen-bond acceptors (Lipinski definition) is 4. The summed E-state index contributed by atoms with van der Waals surface area (Å²) < 4.78 is 1.98. The molecular weight excluding hydrogens is 300 g/mol. The van der Waals surface area contributed by atoms with E-state index >= 15 is 0 Å². The summed E-state index contributed by atoms with van der Waals surface area (Å²) in [5.74, 6) is 1.26. The lowest BCUT2D eigenvalue weighted by atomic mass is 10.3. The highest BCUT2D eigenvalue weighted by molar-refractivity contribution is 8.13. The Morgan fingerprint density at radius 2 is 2.23 bits per heavy atom. The molecule has 2 aromatic rings. The normalized spacial score (nSPS) is 14.8. The molecule has 1 aliphatic rings. The van der Waals surface area contributed by atoms with Gasteiger partial charge in [-0.2, -0.15) is 0 Å². The molecule has 22 heavy (non-hydrogen) atoms. The van der Waals surface area contributed by atoms with Crippen molar-refractivity contribution in [1.29, 1.82) is 0 Å². The van der Waals surface area contributed by atoms with E-state index in [-0.39, 0.29) is 11.1 Å². The molecule has 0 aliphatic carbocycles. The van der Waals surface area contributed by atoms with Gasteiger partial charge in [-0.3, -0.25) is 14.9 Å². The van der Waals surface area contributed by atoms with E-state index in [0.29, 0.717) is 18.9 Å². The largest absolute Gasteiger partial charge is 0.332 e. The van der Waals surface area contributed by atoms with Crippen LogP contribution in [-0.4, -0.2) is 44.4 Å². The van der Waals surface area contributed by atoms with Gasteiger partial charge in [0.05, 0.1) is 11.0 Å². The Balaban J connectivity index is 1.67. The second-order valence-corrected chi connectivity index (χ2v) is 6.11. The fourth-order valence-electron chi connectivity index (χ4n) is 2.54. The standard InChI is InChI=1S/C15H18N4O2S/c1-2-19-12-6-4-3-5-11(12)16-14(19)17-13(20)7-8-18-9-10-22-15(18)21/h3-6H,2,7-10H2,1H3,(H,16,17,20). The third-order valence-electron chi connectivity index (χ3n) is 3.68. The summed E-state index contributed by atoms with van der Waals surface area (Å²) in [6, 6.07) is 7.80. The van der Waals surface area contributed by atoms with Crippen LogP contribution < -0.4 is 5.32 Å². The molecule has 7 heteroatoms. The van der Waals surface area contributed by atoms with Crippen LogP contribution in [0.5, 0.6) is 0 Å². The number of amides is 2. The molecule has 3 rings (SSSR count). The van der Waals surface area contributed by atoms with Crippen molar-refractivity contribution < 1.29 is 9.59 Å². The first-order valence-corrected chi connectivity index (χ1v) is 8.34. The second-order valence-electron chi connectivity index (χ2n) is 5.07. The Kier molecular flexibility index (Phi) is 4.33. The molecule has 2 amide bonds. The number of benzene rings is 1. The maximum absolute atomic E-state index is 12.1. The first-order valence-electron chi connectivity index (χ1n) is 7.36. The molecule has 6 nitrogen and oxygen atoms in total. The molecule has 1 aromatic heterocycles. The van der Waals surface area contributed by atoms with Crippen LogP contribution in [0.25, 0.3) is 11.0 Å². The number of carbonyl (C=O) groups excluding carboxylic acids is 2. The predicted octanol–water partition coefficient (Wildman–Crippen LogP) is 2.55. The summed E-state index contributed by atoms with van der Waals surface area (Å²) in [5.41, 5.74) is 1.87. The van der Waals surface area contributed by atoms with Crippen LogP contribution >= 0.6 is 11.8 Å². The average Bonchev–Trinajstić information content (AvgIpc) is 3.07. The number of anilines is 1. The third-order valence-corrected chi connectivity index (χ3v) is 4.57. The number of rotatable bonds is 5. The van der Waals surface area contributed by atoms with Gasteiger partial charge in [0.25, 0.3) is 5.24 Å². The molecular formula is C15H18N4O2S. The summed E-state index contributed by atoms with van der Waals surface area (Å²) in [7, 11) is 0. The zero-order valence-electron chi connectivity index (χ0n) is 12.4. The zero-order chi connectivity index (χ0) is 15.5. The lowest BCUT2D eigenvalue weighted by Gasteiger charge is -2.14. The molecule has 2 heterocycles. The van der Waals surface area contributed by atoms with E-state index in [2.05, 4.69) is 10.3 Å². The summed E-state index contributed by atoms with van der Waals surface area (Å²) >= 11 is 1.31. The fourth-order valence-corrected chi connectivity index (χ4v) is 3.39. The molecule has 1 aromatic carbocycles. The summed E-state index contributed by atoms with van der Waals surface area (Å²) in [6.07, 6.45) is 0.291. The van der Waals surface area contributed by atoms with Gasteiger partial charge in [-0.1, -0.05) is 23.9 Å². The summed E-state index contributed by atoms with van der Waals surface area (Å²) in [5, 5.41) is 2.92. The Labute approximate surface area is 132 Å². The number of hydrogen-bond donors (Lipinski definition) is 1. The van der Waals surface area contributed by atoms with Crippen molar-refractivity contribution in [1.82, 2.24) is 14.5 Å². The number of thioether (sulfide) groups is 1. The van der Waals surface area contributed by atoms with Crippen LogP contribution in [0.2, 0.25) is 0 Å². The minimum Gasteiger partial charge on any atom is -0.332 e. The maximum Gasteiger partial charge on any atom is 0.281 e. The van der Waals surface area contributed by atoms with Crippen LogP contribution in [0.15, 0.2) is 24.3 Å². The minimum absolute atomic E-state index is 0.0635. The zero-order valence-corrected chi connectivity index (χ0v) is 13.2. The van der Waals surface area contributed by atoms with Gasteiger partial charge in [-0.05, 0) is 19.1 Å². The molecule has 0 atom stereocenters. The molecule has 116 valence electrons. The van der Waals surface area contributed by atoms with Crippen molar-refractivity contribution in [2.75, 3.05) is 24.2 Å². The topological polar surface area (TPSA) is 67.2 Å². The summed E-state index contributed by atoms with van der Waals surface area (Å²) in [4.78, 5) is 29.8. The highest BCUT2D eigenvalue weighted by Crippen LogP contribution is 2.20. The highest BCUT2D eigenvalue weighted by Gasteiger charge is 2.21. The van der Waals surface area contributed by atoms with Gasteiger partial charge in [0, 0.05) is 31.8 Å². The van der Waals surface area contributed by atoms with E-state index in [1.165, 1.54) is 11.8 Å². The quantitative estimate of drug-likeness (QED) is 0.920. The smallest absolute Gasteiger partial charge is 0.281 e. The van der Waals surface area contributed by atoms with Gasteiger partial charge in [-0.15, -0.1) is 0 Å². The molecule has 0 saturated carbocycles. The number of fused-ring (bicyclic) bond motifs is 1. The van der Waals surface area contributed by atoms with Gasteiger partial charge in [0.1, 0.15) is 0 Å². The Hall–Kier alpha value is -2.02. The lowest BCUT2D eigenvalue weighted by molar-refractivity contribution is -0.116. The van der Waals surface area contributed by atoms with E-state index in [4.69, 9.17) is 0 Å². The number of carbonyl (C=O) groups is 2. The van der Waals surface area contributed by atoms with E-state index in [1.807, 2.05) is 35.8 Å². The fraction of sp³-hybridized carbons (Fsp3) is 0.400. The van der Waals surface area contributed by atoms with Crippen molar-refractivity contribution in [3.8, 4) is 0 Å². The van der Waals surface area contributed by atoms with Crippen molar-refractivity contribution in [2.24, 2.45) is 0 Å². The SMILES string of the molecule is CCn1c(NC(=O)CCN2CCSC2=O)nc2ccccc21. The lowest BCUT2D eigenvalue weighted by Crippen LogP contribution is -2.28. The number of para-hydroxylation sites is 2. The van der Waals surface area contributed by atoms with Gasteiger partial charge in [0.15, 0.2) is 0 Å². The molecule has 0 bridgehead atoms. The third kappa shape index (κ3) is 2.94. The van der Waals surface area contributed by atoms with Crippen LogP contribution in [0.3, 0.4) is 0 Å². The molecule has 0 radical (unpaired) electrons. The molecule has 1 saturated heterocycles. The Bertz CT molecular complexity index is 713. The number of aryl methyl sites for hydroxylation is 1. The van der Waals surface area contributed by atoms with Crippen LogP contribution in [0.4, 0.5) is 10.7 Å². The molecule has 1 aliphatic heterocycles. The van der Waals surface area contributed by atoms with Crippen molar-refractivity contribution in [3.05, 3.63) is 24.3 Å². The number of aromatic nitrogens is 2. The number of nitrogens with one attached hydrogen (secondary N) is 1. The second kappa shape index (κ2) is 6.39. The first kappa shape index (κ1) is 14.9. The van der Waals surface area contributed by atoms with E-state index in [0.717, 1.165) is 29.9 Å². The Morgan fingerprint density at radius 1 is 1.41 bits per heavy atom. The molecule has 1 N–H and O–H groups in total. The first-order chi connectivity index (χ1) is 10.7. The van der Waals surface area contributed by atoms with Crippen molar-refractivity contribution in [2.45, 2.75) is 19.9 Å². The van der Waals surface area contributed by atoms with Crippen molar-refractivity contribution >= 4 is 39.9 Å². The molecule has 0 spiro atoms. The Morgan fingerprint density at radius 3 is 2.95 bits per heavy atom. The minimum atomic E-state index is -0.116. The monoisotopic (exact) mass is 318 g/mol. The van der Waals surface area contributed by atoms with Crippen molar-refractivity contribution in [3.63, 3.8) is 0 Å². The predicted molar refractivity (Wildman–Crippen MR) is 88.1 cm³/mol. The highest BCUT2D eigenvalue weighted by atomic mass is 32.2. The number of imidazole rings is 1. The maximum atomic E-state index is 12.1. The number of nitrogens with zero attached hydrogens (tertiary/aromatic N) is 3. The summed E-state index contributed by atoms with van der Waals surface area (Å²) in [6.45, 7) is 3.94.